The van der Waals surface area contributed by atoms with E-state index in [0.717, 1.165) is 38.3 Å². The number of ether oxygens (including phenoxy) is 1. The van der Waals surface area contributed by atoms with Gasteiger partial charge in [-0.2, -0.15) is 0 Å². The molecule has 3 nitrogen and oxygen atoms in total. The van der Waals surface area contributed by atoms with E-state index in [9.17, 15) is 0 Å². The molecule has 1 N–H and O–H groups in total. The molecule has 0 radical (unpaired) electrons. The summed E-state index contributed by atoms with van der Waals surface area (Å²) in [6.45, 7) is 10.5. The molecule has 1 aromatic carbocycles. The Labute approximate surface area is 116 Å². The van der Waals surface area contributed by atoms with Crippen LogP contribution in [0.2, 0.25) is 0 Å². The smallest absolute Gasteiger partial charge is 0.118 e. The van der Waals surface area contributed by atoms with Crippen LogP contribution in [0.25, 0.3) is 0 Å². The molecule has 0 bridgehead atoms. The molecule has 104 valence electrons. The molecule has 1 aromatic rings. The minimum Gasteiger partial charge on any atom is -0.497 e. The first-order chi connectivity index (χ1) is 9.20. The summed E-state index contributed by atoms with van der Waals surface area (Å²) in [4.78, 5) is 2.55. The van der Waals surface area contributed by atoms with Crippen LogP contribution in [-0.2, 0) is 0 Å². The first-order valence-electron chi connectivity index (χ1n) is 6.94. The van der Waals surface area contributed by atoms with Gasteiger partial charge in [-0.1, -0.05) is 17.7 Å². The SMILES string of the molecule is C=C(C)C[C@H](c1ccc(OC)cc1)N1CCNCC1. The second kappa shape index (κ2) is 6.73. The third-order valence-corrected chi connectivity index (χ3v) is 3.63. The van der Waals surface area contributed by atoms with E-state index in [4.69, 9.17) is 4.74 Å². The normalized spacial score (nSPS) is 18.0. The predicted octanol–water partition coefficient (Wildman–Crippen LogP) is 2.61. The Hall–Kier alpha value is -1.32. The van der Waals surface area contributed by atoms with Gasteiger partial charge in [0.1, 0.15) is 5.75 Å². The van der Waals surface area contributed by atoms with Crippen LogP contribution in [0.15, 0.2) is 36.4 Å². The molecular weight excluding hydrogens is 236 g/mol. The highest BCUT2D eigenvalue weighted by Crippen LogP contribution is 2.28. The summed E-state index contributed by atoms with van der Waals surface area (Å²) in [5.74, 6) is 0.915. The highest BCUT2D eigenvalue weighted by Gasteiger charge is 2.22. The van der Waals surface area contributed by atoms with Crippen molar-refractivity contribution in [2.45, 2.75) is 19.4 Å². The standard InChI is InChI=1S/C16H24N2O/c1-13(2)12-16(18-10-8-17-9-11-18)14-4-6-15(19-3)7-5-14/h4-7,16-17H,1,8-12H2,2-3H3/t16-/m1/s1. The third kappa shape index (κ3) is 3.82. The van der Waals surface area contributed by atoms with Gasteiger partial charge in [0.15, 0.2) is 0 Å². The summed E-state index contributed by atoms with van der Waals surface area (Å²) < 4.78 is 5.23. The minimum absolute atomic E-state index is 0.436. The summed E-state index contributed by atoms with van der Waals surface area (Å²) in [5.41, 5.74) is 2.59. The molecule has 0 aromatic heterocycles. The third-order valence-electron chi connectivity index (χ3n) is 3.63. The fraction of sp³-hybridized carbons (Fsp3) is 0.500. The van der Waals surface area contributed by atoms with Gasteiger partial charge >= 0.3 is 0 Å². The minimum atomic E-state index is 0.436. The zero-order valence-electron chi connectivity index (χ0n) is 12.0. The van der Waals surface area contributed by atoms with E-state index in [-0.39, 0.29) is 0 Å². The van der Waals surface area contributed by atoms with E-state index in [1.165, 1.54) is 11.1 Å². The zero-order chi connectivity index (χ0) is 13.7. The van der Waals surface area contributed by atoms with Crippen LogP contribution in [-0.4, -0.2) is 38.2 Å². The van der Waals surface area contributed by atoms with Gasteiger partial charge in [-0.25, -0.2) is 0 Å². The molecule has 1 heterocycles. The van der Waals surface area contributed by atoms with Gasteiger partial charge in [0.25, 0.3) is 0 Å². The lowest BCUT2D eigenvalue weighted by Crippen LogP contribution is -2.45. The van der Waals surface area contributed by atoms with Gasteiger partial charge in [-0.05, 0) is 31.0 Å². The predicted molar refractivity (Wildman–Crippen MR) is 79.6 cm³/mol. The Morgan fingerprint density at radius 1 is 1.32 bits per heavy atom. The topological polar surface area (TPSA) is 24.5 Å². The van der Waals surface area contributed by atoms with Crippen molar-refractivity contribution in [2.75, 3.05) is 33.3 Å². The Balaban J connectivity index is 2.17. The van der Waals surface area contributed by atoms with Crippen molar-refractivity contribution in [1.29, 1.82) is 0 Å². The second-order valence-corrected chi connectivity index (χ2v) is 5.24. The Kier molecular flexibility index (Phi) is 5.00. The molecule has 2 rings (SSSR count). The van der Waals surface area contributed by atoms with Gasteiger partial charge in [0, 0.05) is 32.2 Å². The van der Waals surface area contributed by atoms with Crippen molar-refractivity contribution >= 4 is 0 Å². The van der Waals surface area contributed by atoms with Gasteiger partial charge in [0.05, 0.1) is 7.11 Å². The second-order valence-electron chi connectivity index (χ2n) is 5.24. The first kappa shape index (κ1) is 14.1. The molecule has 1 saturated heterocycles. The average molecular weight is 260 g/mol. The Morgan fingerprint density at radius 3 is 2.47 bits per heavy atom. The number of benzene rings is 1. The number of hydrogen-bond donors (Lipinski definition) is 1. The van der Waals surface area contributed by atoms with Crippen LogP contribution in [0.1, 0.15) is 24.9 Å². The van der Waals surface area contributed by atoms with Crippen molar-refractivity contribution in [3.8, 4) is 5.75 Å². The van der Waals surface area contributed by atoms with Gasteiger partial charge in [-0.3, -0.25) is 4.90 Å². The molecule has 0 unspecified atom stereocenters. The van der Waals surface area contributed by atoms with Crippen LogP contribution in [0.5, 0.6) is 5.75 Å². The van der Waals surface area contributed by atoms with E-state index >= 15 is 0 Å². The molecule has 1 aliphatic rings. The fourth-order valence-electron chi connectivity index (χ4n) is 2.61. The van der Waals surface area contributed by atoms with E-state index in [1.807, 2.05) is 12.1 Å². The summed E-state index contributed by atoms with van der Waals surface area (Å²) in [5, 5.41) is 3.41. The first-order valence-corrected chi connectivity index (χ1v) is 6.94. The molecule has 1 aliphatic heterocycles. The lowest BCUT2D eigenvalue weighted by atomic mass is 9.98. The number of nitrogens with zero attached hydrogens (tertiary/aromatic N) is 1. The summed E-state index contributed by atoms with van der Waals surface area (Å²) >= 11 is 0. The largest absolute Gasteiger partial charge is 0.497 e. The monoisotopic (exact) mass is 260 g/mol. The van der Waals surface area contributed by atoms with Crippen molar-refractivity contribution in [2.24, 2.45) is 0 Å². The maximum Gasteiger partial charge on any atom is 0.118 e. The number of hydrogen-bond acceptors (Lipinski definition) is 3. The number of piperazine rings is 1. The van der Waals surface area contributed by atoms with E-state index < -0.39 is 0 Å². The van der Waals surface area contributed by atoms with E-state index in [2.05, 4.69) is 35.9 Å². The van der Waals surface area contributed by atoms with E-state index in [1.54, 1.807) is 7.11 Å². The van der Waals surface area contributed by atoms with Gasteiger partial charge < -0.3 is 10.1 Å². The summed E-state index contributed by atoms with van der Waals surface area (Å²) in [6.07, 6.45) is 1.02. The van der Waals surface area contributed by atoms with Crippen LogP contribution < -0.4 is 10.1 Å². The molecule has 0 aliphatic carbocycles. The lowest BCUT2D eigenvalue weighted by molar-refractivity contribution is 0.172. The van der Waals surface area contributed by atoms with Crippen LogP contribution >= 0.6 is 0 Å². The molecule has 0 saturated carbocycles. The number of methoxy groups -OCH3 is 1. The fourth-order valence-corrected chi connectivity index (χ4v) is 2.61. The summed E-state index contributed by atoms with van der Waals surface area (Å²) in [7, 11) is 1.71. The molecule has 3 heteroatoms. The molecule has 0 spiro atoms. The highest BCUT2D eigenvalue weighted by atomic mass is 16.5. The maximum atomic E-state index is 5.23. The van der Waals surface area contributed by atoms with Crippen molar-refractivity contribution in [3.05, 3.63) is 42.0 Å². The Morgan fingerprint density at radius 2 is 1.95 bits per heavy atom. The van der Waals surface area contributed by atoms with Gasteiger partial charge in [0.2, 0.25) is 0 Å². The van der Waals surface area contributed by atoms with E-state index in [0.29, 0.717) is 6.04 Å². The van der Waals surface area contributed by atoms with Crippen LogP contribution in [0.4, 0.5) is 0 Å². The molecule has 1 fully saturated rings. The molecular formula is C16H24N2O. The molecule has 19 heavy (non-hydrogen) atoms. The van der Waals surface area contributed by atoms with Gasteiger partial charge in [-0.15, -0.1) is 6.58 Å². The van der Waals surface area contributed by atoms with Crippen LogP contribution in [0, 0.1) is 0 Å². The quantitative estimate of drug-likeness (QED) is 0.824. The Bertz CT molecular complexity index is 407. The van der Waals surface area contributed by atoms with Crippen LogP contribution in [0.3, 0.4) is 0 Å². The summed E-state index contributed by atoms with van der Waals surface area (Å²) in [6, 6.07) is 8.87. The zero-order valence-corrected chi connectivity index (χ0v) is 12.0. The number of nitrogens with one attached hydrogen (secondary N) is 1. The van der Waals surface area contributed by atoms with Crippen molar-refractivity contribution in [3.63, 3.8) is 0 Å². The molecule has 1 atom stereocenters. The maximum absolute atomic E-state index is 5.23. The highest BCUT2D eigenvalue weighted by molar-refractivity contribution is 5.30. The van der Waals surface area contributed by atoms with Crippen molar-refractivity contribution < 1.29 is 4.74 Å². The van der Waals surface area contributed by atoms with Crippen molar-refractivity contribution in [1.82, 2.24) is 10.2 Å². The lowest BCUT2D eigenvalue weighted by Gasteiger charge is -2.35. The number of rotatable bonds is 5. The molecule has 0 amide bonds. The average Bonchev–Trinajstić information content (AvgIpc) is 2.46.